The van der Waals surface area contributed by atoms with Gasteiger partial charge in [-0.15, -0.1) is 0 Å². The Morgan fingerprint density at radius 3 is 2.20 bits per heavy atom. The van der Waals surface area contributed by atoms with Crippen molar-refractivity contribution in [3.63, 3.8) is 0 Å². The van der Waals surface area contributed by atoms with Crippen LogP contribution in [0.4, 0.5) is 17.6 Å². The van der Waals surface area contributed by atoms with E-state index in [9.17, 15) is 37.4 Å². The zero-order valence-electron chi connectivity index (χ0n) is 18.8. The van der Waals surface area contributed by atoms with E-state index in [4.69, 9.17) is 0 Å². The molecule has 0 saturated heterocycles. The van der Waals surface area contributed by atoms with Crippen molar-refractivity contribution in [2.75, 3.05) is 13.1 Å². The Bertz CT molecular complexity index is 1050. The molecule has 1 aliphatic heterocycles. The van der Waals surface area contributed by atoms with Gasteiger partial charge in [0.05, 0.1) is 5.56 Å². The fraction of sp³-hybridized carbons (Fsp3) is 0.360. The number of amides is 2. The Balaban J connectivity index is 1.49. The number of carbonyl (C=O) groups is 2. The lowest BCUT2D eigenvalue weighted by Gasteiger charge is -2.25. The van der Waals surface area contributed by atoms with Gasteiger partial charge in [0.1, 0.15) is 5.82 Å². The summed E-state index contributed by atoms with van der Waals surface area (Å²) >= 11 is 0. The van der Waals surface area contributed by atoms with Crippen LogP contribution in [0.1, 0.15) is 29.5 Å². The standard InChI is InChI=1S/C25H26F4N2O4/c26-20-9-5-17(6-10-20)14-16-2-1-12-31(13-11-16)24(35)22(33)21(32)23(34)30-15-18-3-7-19(8-4-18)25(27,28)29/h2-10,21-22,32-33H,1,11-15H2,(H,30,34)/t21?,22-/m1/s1. The van der Waals surface area contributed by atoms with Gasteiger partial charge in [0.15, 0.2) is 12.2 Å². The number of aliphatic hydroxyl groups excluding tert-OH is 2. The van der Waals surface area contributed by atoms with E-state index in [1.807, 2.05) is 6.08 Å². The minimum atomic E-state index is -4.48. The highest BCUT2D eigenvalue weighted by Crippen LogP contribution is 2.29. The summed E-state index contributed by atoms with van der Waals surface area (Å²) in [6, 6.07) is 10.2. The molecule has 6 nitrogen and oxygen atoms in total. The number of hydrogen-bond donors (Lipinski definition) is 3. The average molecular weight is 494 g/mol. The van der Waals surface area contributed by atoms with Gasteiger partial charge in [0, 0.05) is 19.6 Å². The van der Waals surface area contributed by atoms with Gasteiger partial charge in [-0.1, -0.05) is 35.9 Å². The molecular weight excluding hydrogens is 468 g/mol. The van der Waals surface area contributed by atoms with Crippen LogP contribution in [-0.4, -0.2) is 52.2 Å². The fourth-order valence-corrected chi connectivity index (χ4v) is 3.73. The van der Waals surface area contributed by atoms with Crippen LogP contribution >= 0.6 is 0 Å². The maximum Gasteiger partial charge on any atom is 0.416 e. The summed E-state index contributed by atoms with van der Waals surface area (Å²) in [4.78, 5) is 26.2. The van der Waals surface area contributed by atoms with Gasteiger partial charge in [-0.3, -0.25) is 9.59 Å². The normalized spacial score (nSPS) is 16.2. The maximum absolute atomic E-state index is 13.1. The number of benzene rings is 2. The minimum Gasteiger partial charge on any atom is -0.380 e. The van der Waals surface area contributed by atoms with Crippen LogP contribution in [-0.2, 0) is 28.7 Å². The summed E-state index contributed by atoms with van der Waals surface area (Å²) in [6.45, 7) is 0.390. The molecular formula is C25H26F4N2O4. The summed E-state index contributed by atoms with van der Waals surface area (Å²) < 4.78 is 51.0. The predicted molar refractivity (Wildman–Crippen MR) is 119 cm³/mol. The number of rotatable bonds is 7. The number of carbonyl (C=O) groups excluding carboxylic acids is 2. The SMILES string of the molecule is O=C(NCc1ccc(C(F)(F)F)cc1)C(O)[C@@H](O)C(=O)N1CCC=C(Cc2ccc(F)cc2)CC1. The Hall–Kier alpha value is -3.24. The van der Waals surface area contributed by atoms with Crippen molar-refractivity contribution < 1.29 is 37.4 Å². The van der Waals surface area contributed by atoms with Crippen molar-refractivity contribution in [2.45, 2.75) is 44.2 Å². The van der Waals surface area contributed by atoms with Crippen LogP contribution in [0, 0.1) is 5.82 Å². The van der Waals surface area contributed by atoms with Gasteiger partial charge >= 0.3 is 6.18 Å². The van der Waals surface area contributed by atoms with E-state index in [0.29, 0.717) is 31.4 Å². The summed E-state index contributed by atoms with van der Waals surface area (Å²) in [5.41, 5.74) is 1.50. The molecule has 10 heteroatoms. The molecule has 3 rings (SSSR count). The number of hydrogen-bond acceptors (Lipinski definition) is 4. The zero-order valence-corrected chi connectivity index (χ0v) is 18.8. The van der Waals surface area contributed by atoms with Gasteiger partial charge < -0.3 is 20.4 Å². The molecule has 2 aromatic rings. The Morgan fingerprint density at radius 2 is 1.57 bits per heavy atom. The van der Waals surface area contributed by atoms with Gasteiger partial charge in [-0.2, -0.15) is 13.2 Å². The van der Waals surface area contributed by atoms with Gasteiger partial charge in [0.25, 0.3) is 11.8 Å². The van der Waals surface area contributed by atoms with Gasteiger partial charge in [-0.05, 0) is 54.7 Å². The third kappa shape index (κ3) is 7.37. The van der Waals surface area contributed by atoms with Gasteiger partial charge in [0.2, 0.25) is 0 Å². The molecule has 188 valence electrons. The highest BCUT2D eigenvalue weighted by molar-refractivity contribution is 5.90. The summed E-state index contributed by atoms with van der Waals surface area (Å²) in [5.74, 6) is -2.13. The second kappa shape index (κ2) is 11.5. The van der Waals surface area contributed by atoms with E-state index in [0.717, 1.165) is 23.3 Å². The molecule has 1 aliphatic rings. The highest BCUT2D eigenvalue weighted by Gasteiger charge is 2.34. The molecule has 1 heterocycles. The number of alkyl halides is 3. The molecule has 0 radical (unpaired) electrons. The van der Waals surface area contributed by atoms with Crippen molar-refractivity contribution in [1.29, 1.82) is 0 Å². The van der Waals surface area contributed by atoms with Crippen LogP contribution in [0.2, 0.25) is 0 Å². The van der Waals surface area contributed by atoms with Gasteiger partial charge in [-0.25, -0.2) is 4.39 Å². The largest absolute Gasteiger partial charge is 0.416 e. The number of halogens is 4. The van der Waals surface area contributed by atoms with E-state index in [2.05, 4.69) is 5.32 Å². The van der Waals surface area contributed by atoms with Crippen molar-refractivity contribution in [1.82, 2.24) is 10.2 Å². The average Bonchev–Trinajstić information content (AvgIpc) is 3.07. The molecule has 1 unspecified atom stereocenters. The second-order valence-electron chi connectivity index (χ2n) is 8.33. The molecule has 2 aromatic carbocycles. The molecule has 3 N–H and O–H groups in total. The van der Waals surface area contributed by atoms with E-state index in [1.54, 1.807) is 12.1 Å². The third-order valence-corrected chi connectivity index (χ3v) is 5.76. The topological polar surface area (TPSA) is 89.9 Å². The zero-order chi connectivity index (χ0) is 25.6. The molecule has 2 amide bonds. The Labute approximate surface area is 199 Å². The quantitative estimate of drug-likeness (QED) is 0.408. The molecule has 0 aromatic heterocycles. The van der Waals surface area contributed by atoms with Crippen LogP contribution < -0.4 is 5.32 Å². The first-order valence-electron chi connectivity index (χ1n) is 11.1. The second-order valence-corrected chi connectivity index (χ2v) is 8.33. The summed E-state index contributed by atoms with van der Waals surface area (Å²) in [6.07, 6.45) is -4.88. The number of aliphatic hydroxyl groups is 2. The van der Waals surface area contributed by atoms with Crippen molar-refractivity contribution in [3.05, 3.63) is 82.7 Å². The van der Waals surface area contributed by atoms with Crippen LogP contribution in [0.3, 0.4) is 0 Å². The maximum atomic E-state index is 13.1. The molecule has 0 saturated carbocycles. The molecule has 2 atom stereocenters. The molecule has 0 aliphatic carbocycles. The minimum absolute atomic E-state index is 0.185. The smallest absolute Gasteiger partial charge is 0.380 e. The lowest BCUT2D eigenvalue weighted by Crippen LogP contribution is -2.50. The van der Waals surface area contributed by atoms with Crippen LogP contribution in [0.25, 0.3) is 0 Å². The van der Waals surface area contributed by atoms with Crippen molar-refractivity contribution in [2.24, 2.45) is 0 Å². The summed E-state index contributed by atoms with van der Waals surface area (Å²) in [7, 11) is 0. The molecule has 35 heavy (non-hydrogen) atoms. The van der Waals surface area contributed by atoms with E-state index >= 15 is 0 Å². The van der Waals surface area contributed by atoms with Crippen molar-refractivity contribution in [3.8, 4) is 0 Å². The van der Waals surface area contributed by atoms with Crippen LogP contribution in [0.5, 0.6) is 0 Å². The monoisotopic (exact) mass is 494 g/mol. The summed E-state index contributed by atoms with van der Waals surface area (Å²) in [5, 5.41) is 22.7. The lowest BCUT2D eigenvalue weighted by molar-refractivity contribution is -0.153. The van der Waals surface area contributed by atoms with Crippen LogP contribution in [0.15, 0.2) is 60.2 Å². The first-order valence-corrected chi connectivity index (χ1v) is 11.1. The number of nitrogens with zero attached hydrogens (tertiary/aromatic N) is 1. The number of nitrogens with one attached hydrogen (secondary N) is 1. The van der Waals surface area contributed by atoms with E-state index in [1.165, 1.54) is 29.2 Å². The Morgan fingerprint density at radius 1 is 0.943 bits per heavy atom. The van der Waals surface area contributed by atoms with E-state index in [-0.39, 0.29) is 18.9 Å². The Kier molecular flexibility index (Phi) is 8.63. The predicted octanol–water partition coefficient (Wildman–Crippen LogP) is 2.97. The van der Waals surface area contributed by atoms with E-state index < -0.39 is 35.8 Å². The fourth-order valence-electron chi connectivity index (χ4n) is 3.73. The molecule has 0 spiro atoms. The first-order chi connectivity index (χ1) is 16.5. The first kappa shape index (κ1) is 26.4. The highest BCUT2D eigenvalue weighted by atomic mass is 19.4. The lowest BCUT2D eigenvalue weighted by atomic mass is 10.0. The molecule has 0 fully saturated rings. The third-order valence-electron chi connectivity index (χ3n) is 5.76. The van der Waals surface area contributed by atoms with Crippen molar-refractivity contribution >= 4 is 11.8 Å². The molecule has 0 bridgehead atoms.